The number of aliphatic hydroxyl groups excluding tert-OH is 1. The summed E-state index contributed by atoms with van der Waals surface area (Å²) in [4.78, 5) is 10.1. The van der Waals surface area contributed by atoms with E-state index in [0.29, 0.717) is 5.75 Å². The quantitative estimate of drug-likeness (QED) is 0.345. The third-order valence-corrected chi connectivity index (χ3v) is 4.18. The number of methoxy groups -OCH3 is 1. The van der Waals surface area contributed by atoms with Crippen LogP contribution >= 0.6 is 0 Å². The molecule has 0 saturated heterocycles. The number of nitrogens with two attached hydrogens (primary N) is 1. The zero-order valence-corrected chi connectivity index (χ0v) is 14.4. The Hall–Kier alpha value is -3.20. The summed E-state index contributed by atoms with van der Waals surface area (Å²) >= 11 is 0. The molecule has 0 saturated carbocycles. The number of benzene rings is 3. The summed E-state index contributed by atoms with van der Waals surface area (Å²) < 4.78 is 10.4. The fourth-order valence-corrected chi connectivity index (χ4v) is 2.61. The summed E-state index contributed by atoms with van der Waals surface area (Å²) in [5, 5.41) is 33.2. The van der Waals surface area contributed by atoms with Gasteiger partial charge in [0.15, 0.2) is 0 Å². The minimum Gasteiger partial charge on any atom is -0.497 e. The molecule has 4 N–H and O–H groups in total. The maximum absolute atomic E-state index is 10.7. The number of hydrogen-bond donors (Lipinski definition) is 3. The molecule has 0 amide bonds. The van der Waals surface area contributed by atoms with Crippen molar-refractivity contribution in [3.05, 3.63) is 76.3 Å². The number of hydrogen-bond acceptors (Lipinski definition) is 7. The maximum atomic E-state index is 10.7. The highest BCUT2D eigenvalue weighted by atomic mass is 16.6. The fourth-order valence-electron chi connectivity index (χ4n) is 2.61. The van der Waals surface area contributed by atoms with Crippen LogP contribution in [0, 0.1) is 10.1 Å². The second-order valence-electron chi connectivity index (χ2n) is 5.97. The molecule has 140 valence electrons. The van der Waals surface area contributed by atoms with Gasteiger partial charge in [0.25, 0.3) is 5.69 Å². The first-order valence-corrected chi connectivity index (χ1v) is 8.00. The average Bonchev–Trinajstić information content (AvgIpc) is 2.67. The van der Waals surface area contributed by atoms with Crippen molar-refractivity contribution >= 4 is 16.5 Å². The van der Waals surface area contributed by atoms with Crippen LogP contribution in [0.3, 0.4) is 0 Å². The van der Waals surface area contributed by atoms with Crippen LogP contribution in [-0.4, -0.2) is 28.5 Å². The van der Waals surface area contributed by atoms with Crippen LogP contribution in [0.4, 0.5) is 5.69 Å². The van der Waals surface area contributed by atoms with E-state index < -0.39 is 16.9 Å². The predicted molar refractivity (Wildman–Crippen MR) is 98.3 cm³/mol. The van der Waals surface area contributed by atoms with Gasteiger partial charge < -0.3 is 19.7 Å². The normalized spacial score (nSPS) is 14.4. The topological polar surface area (TPSA) is 128 Å². The molecular weight excluding hydrogens is 352 g/mol. The predicted octanol–water partition coefficient (Wildman–Crippen LogP) is 2.26. The van der Waals surface area contributed by atoms with Crippen LogP contribution in [0.5, 0.6) is 11.5 Å². The maximum Gasteiger partial charge on any atom is 0.269 e. The second-order valence-corrected chi connectivity index (χ2v) is 5.97. The fraction of sp³-hybridized carbons (Fsp3) is 0.158. The lowest BCUT2D eigenvalue weighted by Crippen LogP contribution is -2.50. The molecular formula is C19H18N2O6. The molecule has 0 radical (unpaired) electrons. The number of nitro groups is 1. The van der Waals surface area contributed by atoms with Crippen molar-refractivity contribution in [1.82, 2.24) is 0 Å². The van der Waals surface area contributed by atoms with E-state index in [0.717, 1.165) is 10.8 Å². The lowest BCUT2D eigenvalue weighted by atomic mass is 9.99. The van der Waals surface area contributed by atoms with Crippen LogP contribution in [-0.2, 0) is 5.72 Å². The summed E-state index contributed by atoms with van der Waals surface area (Å²) in [5.74, 6) is 0.822. The third-order valence-electron chi connectivity index (χ3n) is 4.18. The van der Waals surface area contributed by atoms with E-state index in [4.69, 9.17) is 15.2 Å². The summed E-state index contributed by atoms with van der Waals surface area (Å²) in [7, 11) is 1.57. The van der Waals surface area contributed by atoms with E-state index in [-0.39, 0.29) is 17.0 Å². The van der Waals surface area contributed by atoms with Crippen molar-refractivity contribution < 1.29 is 24.6 Å². The molecule has 8 nitrogen and oxygen atoms in total. The van der Waals surface area contributed by atoms with Gasteiger partial charge in [-0.25, -0.2) is 0 Å². The van der Waals surface area contributed by atoms with E-state index in [1.54, 1.807) is 37.4 Å². The van der Waals surface area contributed by atoms with Crippen molar-refractivity contribution in [2.75, 3.05) is 7.11 Å². The molecule has 0 bridgehead atoms. The van der Waals surface area contributed by atoms with Gasteiger partial charge >= 0.3 is 0 Å². The molecule has 2 atom stereocenters. The zero-order chi connectivity index (χ0) is 19.6. The van der Waals surface area contributed by atoms with Gasteiger partial charge in [-0.3, -0.25) is 15.8 Å². The standard InChI is InChI=1S/C19H18N2O6/c1-26-17-7-3-12-10-14(4-2-13(12)11-17)19(20,23)18(22)27-16-8-5-15(6-9-16)21(24)25/h2-11,18,22-23H,20H2,1H3. The van der Waals surface area contributed by atoms with Crippen LogP contribution in [0.2, 0.25) is 0 Å². The number of aliphatic hydroxyl groups is 2. The van der Waals surface area contributed by atoms with Crippen LogP contribution in [0.1, 0.15) is 5.56 Å². The number of nitrogens with zero attached hydrogens (tertiary/aromatic N) is 1. The van der Waals surface area contributed by atoms with E-state index in [1.807, 2.05) is 6.07 Å². The van der Waals surface area contributed by atoms with E-state index >= 15 is 0 Å². The highest BCUT2D eigenvalue weighted by molar-refractivity contribution is 5.84. The highest BCUT2D eigenvalue weighted by Crippen LogP contribution is 2.28. The summed E-state index contributed by atoms with van der Waals surface area (Å²) in [6.45, 7) is 0. The largest absolute Gasteiger partial charge is 0.497 e. The van der Waals surface area contributed by atoms with Crippen molar-refractivity contribution in [2.45, 2.75) is 12.0 Å². The summed E-state index contributed by atoms with van der Waals surface area (Å²) in [5.41, 5.74) is 3.83. The Labute approximate surface area is 154 Å². The Morgan fingerprint density at radius 2 is 1.63 bits per heavy atom. The highest BCUT2D eigenvalue weighted by Gasteiger charge is 2.35. The molecule has 0 aromatic heterocycles. The smallest absolute Gasteiger partial charge is 0.269 e. The van der Waals surface area contributed by atoms with Gasteiger partial charge in [0.2, 0.25) is 12.0 Å². The lowest BCUT2D eigenvalue weighted by Gasteiger charge is -2.29. The molecule has 3 aromatic carbocycles. The molecule has 0 aliphatic carbocycles. The zero-order valence-electron chi connectivity index (χ0n) is 14.4. The Bertz CT molecular complexity index is 972. The molecule has 27 heavy (non-hydrogen) atoms. The Morgan fingerprint density at radius 3 is 2.26 bits per heavy atom. The Morgan fingerprint density at radius 1 is 1.04 bits per heavy atom. The summed E-state index contributed by atoms with van der Waals surface area (Å²) in [6, 6.07) is 15.4. The first-order valence-electron chi connectivity index (χ1n) is 8.00. The van der Waals surface area contributed by atoms with Crippen molar-refractivity contribution in [3.8, 4) is 11.5 Å². The molecule has 0 aliphatic heterocycles. The minimum atomic E-state index is -2.20. The molecule has 0 aliphatic rings. The average molecular weight is 370 g/mol. The van der Waals surface area contributed by atoms with Gasteiger partial charge in [0.05, 0.1) is 12.0 Å². The van der Waals surface area contributed by atoms with Gasteiger partial charge in [-0.15, -0.1) is 0 Å². The van der Waals surface area contributed by atoms with Crippen LogP contribution in [0.25, 0.3) is 10.8 Å². The van der Waals surface area contributed by atoms with Crippen molar-refractivity contribution in [2.24, 2.45) is 5.73 Å². The second kappa shape index (κ2) is 7.20. The van der Waals surface area contributed by atoms with Crippen molar-refractivity contribution in [3.63, 3.8) is 0 Å². The van der Waals surface area contributed by atoms with Gasteiger partial charge in [-0.05, 0) is 41.1 Å². The van der Waals surface area contributed by atoms with Gasteiger partial charge in [-0.1, -0.05) is 18.2 Å². The van der Waals surface area contributed by atoms with E-state index in [1.165, 1.54) is 24.3 Å². The number of nitro benzene ring substituents is 1. The Balaban J connectivity index is 1.83. The first-order chi connectivity index (χ1) is 12.8. The number of non-ortho nitro benzene ring substituents is 1. The molecule has 0 heterocycles. The van der Waals surface area contributed by atoms with Gasteiger partial charge in [0, 0.05) is 17.7 Å². The lowest BCUT2D eigenvalue weighted by molar-refractivity contribution is -0.384. The molecule has 2 unspecified atom stereocenters. The Kier molecular flexibility index (Phi) is 4.95. The van der Waals surface area contributed by atoms with Crippen molar-refractivity contribution in [1.29, 1.82) is 0 Å². The van der Waals surface area contributed by atoms with E-state index in [9.17, 15) is 20.3 Å². The SMILES string of the molecule is COc1ccc2cc(C(N)(O)C(O)Oc3ccc([N+](=O)[O-])cc3)ccc2c1. The minimum absolute atomic E-state index is 0.121. The van der Waals surface area contributed by atoms with Gasteiger partial charge in [-0.2, -0.15) is 0 Å². The summed E-state index contributed by atoms with van der Waals surface area (Å²) in [6.07, 6.45) is -1.80. The molecule has 8 heteroatoms. The third kappa shape index (κ3) is 3.82. The number of fused-ring (bicyclic) bond motifs is 1. The monoisotopic (exact) mass is 370 g/mol. The molecule has 3 rings (SSSR count). The molecule has 0 fully saturated rings. The molecule has 0 spiro atoms. The number of ether oxygens (including phenoxy) is 2. The first kappa shape index (κ1) is 18.6. The molecule has 3 aromatic rings. The van der Waals surface area contributed by atoms with Gasteiger partial charge in [0.1, 0.15) is 11.5 Å². The van der Waals surface area contributed by atoms with Crippen LogP contribution in [0.15, 0.2) is 60.7 Å². The van der Waals surface area contributed by atoms with E-state index in [2.05, 4.69) is 0 Å². The van der Waals surface area contributed by atoms with Crippen LogP contribution < -0.4 is 15.2 Å². The number of rotatable bonds is 6.